The van der Waals surface area contributed by atoms with Crippen molar-refractivity contribution < 1.29 is 10.2 Å². The minimum absolute atomic E-state index is 0.176. The van der Waals surface area contributed by atoms with E-state index in [1.54, 1.807) is 6.92 Å². The van der Waals surface area contributed by atoms with Crippen LogP contribution in [-0.2, 0) is 0 Å². The summed E-state index contributed by atoms with van der Waals surface area (Å²) in [5.41, 5.74) is -0.573. The molecule has 0 radical (unpaired) electrons. The molecule has 0 aliphatic heterocycles. The Labute approximate surface area is 75.6 Å². The van der Waals surface area contributed by atoms with Crippen molar-refractivity contribution in [1.29, 1.82) is 0 Å². The normalized spacial score (nSPS) is 17.5. The van der Waals surface area contributed by atoms with Crippen LogP contribution in [0.25, 0.3) is 0 Å². The molecule has 0 heterocycles. The molecule has 0 aliphatic carbocycles. The predicted octanol–water partition coefficient (Wildman–Crippen LogP) is 1.94. The van der Waals surface area contributed by atoms with Gasteiger partial charge in [-0.25, -0.2) is 0 Å². The average Bonchev–Trinajstić information content (AvgIpc) is 2.04. The van der Waals surface area contributed by atoms with Crippen LogP contribution in [0, 0.1) is 5.92 Å². The average molecular weight is 174 g/mol. The van der Waals surface area contributed by atoms with Crippen LogP contribution in [0.2, 0.25) is 0 Å². The first-order valence-electron chi connectivity index (χ1n) is 4.85. The molecule has 0 saturated carbocycles. The summed E-state index contributed by atoms with van der Waals surface area (Å²) in [5.74, 6) is 0.176. The van der Waals surface area contributed by atoms with Crippen molar-refractivity contribution in [3.05, 3.63) is 0 Å². The Morgan fingerprint density at radius 2 is 1.58 bits per heavy atom. The highest BCUT2D eigenvalue weighted by Crippen LogP contribution is 2.25. The van der Waals surface area contributed by atoms with Crippen LogP contribution in [0.4, 0.5) is 0 Å². The van der Waals surface area contributed by atoms with Gasteiger partial charge in [-0.2, -0.15) is 0 Å². The van der Waals surface area contributed by atoms with Crippen LogP contribution in [0.5, 0.6) is 0 Å². The summed E-state index contributed by atoms with van der Waals surface area (Å²) < 4.78 is 0. The zero-order valence-corrected chi connectivity index (χ0v) is 8.67. The second-order valence-corrected chi connectivity index (χ2v) is 3.85. The first kappa shape index (κ1) is 11.9. The number of aliphatic hydroxyl groups excluding tert-OH is 1. The minimum Gasteiger partial charge on any atom is -0.393 e. The number of rotatable bonds is 5. The van der Waals surface area contributed by atoms with Gasteiger partial charge in [-0.05, 0) is 32.1 Å². The molecular weight excluding hydrogens is 152 g/mol. The monoisotopic (exact) mass is 174 g/mol. The third kappa shape index (κ3) is 3.55. The zero-order valence-electron chi connectivity index (χ0n) is 8.67. The molecule has 0 aliphatic rings. The van der Waals surface area contributed by atoms with E-state index in [9.17, 15) is 10.2 Å². The third-order valence-electron chi connectivity index (χ3n) is 2.84. The molecule has 0 aromatic carbocycles. The standard InChI is InChI=1S/C10H22O2/c1-5-10(12,6-2)7-8(3)9(4)11/h8-9,11-12H,5-7H2,1-4H3. The lowest BCUT2D eigenvalue weighted by Crippen LogP contribution is -2.32. The highest BCUT2D eigenvalue weighted by atomic mass is 16.3. The highest BCUT2D eigenvalue weighted by Gasteiger charge is 2.26. The lowest BCUT2D eigenvalue weighted by atomic mass is 9.85. The molecule has 0 fully saturated rings. The largest absolute Gasteiger partial charge is 0.393 e. The summed E-state index contributed by atoms with van der Waals surface area (Å²) in [4.78, 5) is 0. The Balaban J connectivity index is 4.02. The van der Waals surface area contributed by atoms with Gasteiger partial charge in [0.25, 0.3) is 0 Å². The van der Waals surface area contributed by atoms with Crippen LogP contribution in [0.15, 0.2) is 0 Å². The Kier molecular flexibility index (Phi) is 4.80. The van der Waals surface area contributed by atoms with E-state index in [0.717, 1.165) is 12.8 Å². The van der Waals surface area contributed by atoms with E-state index in [4.69, 9.17) is 0 Å². The molecule has 2 atom stereocenters. The predicted molar refractivity (Wildman–Crippen MR) is 51.0 cm³/mol. The topological polar surface area (TPSA) is 40.5 Å². The van der Waals surface area contributed by atoms with Crippen LogP contribution < -0.4 is 0 Å². The summed E-state index contributed by atoms with van der Waals surface area (Å²) in [6, 6.07) is 0. The summed E-state index contributed by atoms with van der Waals surface area (Å²) in [6.07, 6.45) is 1.90. The van der Waals surface area contributed by atoms with E-state index in [2.05, 4.69) is 0 Å². The first-order valence-corrected chi connectivity index (χ1v) is 4.85. The van der Waals surface area contributed by atoms with Crippen molar-refractivity contribution in [1.82, 2.24) is 0 Å². The molecule has 0 aromatic rings. The fraction of sp³-hybridized carbons (Fsp3) is 1.00. The summed E-state index contributed by atoms with van der Waals surface area (Å²) in [6.45, 7) is 7.72. The lowest BCUT2D eigenvalue weighted by Gasteiger charge is -2.29. The molecule has 2 heteroatoms. The number of hydrogen-bond donors (Lipinski definition) is 2. The van der Waals surface area contributed by atoms with Gasteiger partial charge in [-0.3, -0.25) is 0 Å². The van der Waals surface area contributed by atoms with Gasteiger partial charge in [0, 0.05) is 0 Å². The molecule has 0 amide bonds. The van der Waals surface area contributed by atoms with Crippen molar-refractivity contribution >= 4 is 0 Å². The van der Waals surface area contributed by atoms with E-state index < -0.39 is 5.60 Å². The molecule has 0 aromatic heterocycles. The maximum atomic E-state index is 9.94. The fourth-order valence-corrected chi connectivity index (χ4v) is 1.31. The quantitative estimate of drug-likeness (QED) is 0.668. The van der Waals surface area contributed by atoms with Crippen LogP contribution >= 0.6 is 0 Å². The minimum atomic E-state index is -0.573. The second kappa shape index (κ2) is 4.83. The van der Waals surface area contributed by atoms with Gasteiger partial charge in [0.1, 0.15) is 0 Å². The molecular formula is C10H22O2. The van der Waals surface area contributed by atoms with Gasteiger partial charge in [-0.1, -0.05) is 20.8 Å². The molecule has 0 bridgehead atoms. The Morgan fingerprint density at radius 3 is 1.83 bits per heavy atom. The lowest BCUT2D eigenvalue weighted by molar-refractivity contribution is -0.0106. The zero-order chi connectivity index (χ0) is 9.78. The van der Waals surface area contributed by atoms with Crippen molar-refractivity contribution in [3.63, 3.8) is 0 Å². The Bertz CT molecular complexity index is 117. The van der Waals surface area contributed by atoms with Gasteiger partial charge in [0.05, 0.1) is 11.7 Å². The van der Waals surface area contributed by atoms with Crippen molar-refractivity contribution in [3.8, 4) is 0 Å². The van der Waals surface area contributed by atoms with E-state index in [1.165, 1.54) is 0 Å². The van der Waals surface area contributed by atoms with Gasteiger partial charge >= 0.3 is 0 Å². The SMILES string of the molecule is CCC(O)(CC)CC(C)C(C)O. The number of hydrogen-bond acceptors (Lipinski definition) is 2. The van der Waals surface area contributed by atoms with Gasteiger partial charge in [0.2, 0.25) is 0 Å². The molecule has 2 N–H and O–H groups in total. The smallest absolute Gasteiger partial charge is 0.0646 e. The van der Waals surface area contributed by atoms with E-state index >= 15 is 0 Å². The Morgan fingerprint density at radius 1 is 1.17 bits per heavy atom. The van der Waals surface area contributed by atoms with Crippen molar-refractivity contribution in [2.45, 2.75) is 58.7 Å². The van der Waals surface area contributed by atoms with Crippen LogP contribution in [-0.4, -0.2) is 21.9 Å². The summed E-state index contributed by atoms with van der Waals surface area (Å²) in [5, 5.41) is 19.2. The van der Waals surface area contributed by atoms with Gasteiger partial charge in [-0.15, -0.1) is 0 Å². The molecule has 12 heavy (non-hydrogen) atoms. The molecule has 0 saturated heterocycles. The van der Waals surface area contributed by atoms with Gasteiger partial charge in [0.15, 0.2) is 0 Å². The molecule has 2 nitrogen and oxygen atoms in total. The van der Waals surface area contributed by atoms with E-state index in [0.29, 0.717) is 6.42 Å². The fourth-order valence-electron chi connectivity index (χ4n) is 1.31. The molecule has 74 valence electrons. The maximum Gasteiger partial charge on any atom is 0.0646 e. The summed E-state index contributed by atoms with van der Waals surface area (Å²) in [7, 11) is 0. The van der Waals surface area contributed by atoms with E-state index in [1.807, 2.05) is 20.8 Å². The third-order valence-corrected chi connectivity index (χ3v) is 2.84. The highest BCUT2D eigenvalue weighted by molar-refractivity contribution is 4.78. The first-order chi connectivity index (χ1) is 5.45. The molecule has 0 rings (SSSR count). The van der Waals surface area contributed by atoms with Crippen molar-refractivity contribution in [2.24, 2.45) is 5.92 Å². The maximum absolute atomic E-state index is 9.94. The van der Waals surface area contributed by atoms with E-state index in [-0.39, 0.29) is 12.0 Å². The van der Waals surface area contributed by atoms with Crippen molar-refractivity contribution in [2.75, 3.05) is 0 Å². The second-order valence-electron chi connectivity index (χ2n) is 3.85. The molecule has 2 unspecified atom stereocenters. The Hall–Kier alpha value is -0.0800. The van der Waals surface area contributed by atoms with Crippen LogP contribution in [0.1, 0.15) is 47.0 Å². The number of aliphatic hydroxyl groups is 2. The van der Waals surface area contributed by atoms with Gasteiger partial charge < -0.3 is 10.2 Å². The molecule has 0 spiro atoms. The van der Waals surface area contributed by atoms with Crippen LogP contribution in [0.3, 0.4) is 0 Å². The summed E-state index contributed by atoms with van der Waals surface area (Å²) >= 11 is 0.